The Hall–Kier alpha value is -1.45. The van der Waals surface area contributed by atoms with Gasteiger partial charge in [-0.2, -0.15) is 0 Å². The summed E-state index contributed by atoms with van der Waals surface area (Å²) < 4.78 is 0. The second-order valence-corrected chi connectivity index (χ2v) is 5.02. The van der Waals surface area contributed by atoms with Gasteiger partial charge in [0.2, 0.25) is 0 Å². The molecule has 0 fully saturated rings. The van der Waals surface area contributed by atoms with E-state index in [4.69, 9.17) is 28.9 Å². The summed E-state index contributed by atoms with van der Waals surface area (Å²) in [4.78, 5) is 6.12. The smallest absolute Gasteiger partial charge is 0.0749 e. The van der Waals surface area contributed by atoms with Crippen LogP contribution in [0.15, 0.2) is 36.7 Å². The summed E-state index contributed by atoms with van der Waals surface area (Å²) >= 11 is 12.5. The molecule has 0 amide bonds. The summed E-state index contributed by atoms with van der Waals surface area (Å²) in [7, 11) is 0. The Morgan fingerprint density at radius 3 is 2.26 bits per heavy atom. The van der Waals surface area contributed by atoms with Gasteiger partial charge in [0.25, 0.3) is 0 Å². The summed E-state index contributed by atoms with van der Waals surface area (Å²) in [6, 6.07) is 7.39. The van der Waals surface area contributed by atoms with Crippen LogP contribution >= 0.6 is 23.2 Å². The normalized spacial score (nSPS) is 10.5. The van der Waals surface area contributed by atoms with Crippen molar-refractivity contribution in [1.29, 1.82) is 0 Å². The van der Waals surface area contributed by atoms with E-state index in [1.165, 1.54) is 0 Å². The van der Waals surface area contributed by atoms with E-state index in [-0.39, 0.29) is 0 Å². The van der Waals surface area contributed by atoms with Gasteiger partial charge in [-0.1, -0.05) is 23.2 Å². The molecule has 1 heterocycles. The molecular weight excluding hydrogens is 281 g/mol. The fourth-order valence-electron chi connectivity index (χ4n) is 1.94. The lowest BCUT2D eigenvalue weighted by Crippen LogP contribution is -2.22. The van der Waals surface area contributed by atoms with E-state index in [2.05, 4.69) is 16.8 Å². The van der Waals surface area contributed by atoms with Crippen LogP contribution in [0.4, 0.5) is 11.4 Å². The number of nitrogens with zero attached hydrogens (tertiary/aromatic N) is 2. The Kier molecular flexibility index (Phi) is 4.51. The van der Waals surface area contributed by atoms with E-state index in [0.29, 0.717) is 15.7 Å². The van der Waals surface area contributed by atoms with E-state index < -0.39 is 0 Å². The first-order valence-electron chi connectivity index (χ1n) is 6.00. The molecule has 0 bridgehead atoms. The van der Waals surface area contributed by atoms with Crippen molar-refractivity contribution in [3.05, 3.63) is 52.3 Å². The first kappa shape index (κ1) is 14.0. The molecular formula is C14H15Cl2N3. The molecule has 2 aromatic rings. The number of aromatic nitrogens is 1. The summed E-state index contributed by atoms with van der Waals surface area (Å²) in [6.45, 7) is 3.58. The van der Waals surface area contributed by atoms with Crippen molar-refractivity contribution in [2.24, 2.45) is 0 Å². The topological polar surface area (TPSA) is 42.2 Å². The fourth-order valence-corrected chi connectivity index (χ4v) is 2.69. The molecule has 0 saturated carbocycles. The molecule has 3 nitrogen and oxygen atoms in total. The third-order valence-electron chi connectivity index (χ3n) is 2.86. The minimum Gasteiger partial charge on any atom is -0.399 e. The first-order valence-corrected chi connectivity index (χ1v) is 6.75. The van der Waals surface area contributed by atoms with Crippen molar-refractivity contribution >= 4 is 34.6 Å². The molecule has 1 aromatic heterocycles. The lowest BCUT2D eigenvalue weighted by atomic mass is 10.2. The summed E-state index contributed by atoms with van der Waals surface area (Å²) in [5.41, 5.74) is 8.27. The summed E-state index contributed by atoms with van der Waals surface area (Å²) in [5.74, 6) is 0. The monoisotopic (exact) mass is 295 g/mol. The molecule has 0 spiro atoms. The molecule has 2 rings (SSSR count). The highest BCUT2D eigenvalue weighted by Gasteiger charge is 2.14. The van der Waals surface area contributed by atoms with Gasteiger partial charge < -0.3 is 10.6 Å². The predicted molar refractivity (Wildman–Crippen MR) is 81.8 cm³/mol. The van der Waals surface area contributed by atoms with E-state index in [0.717, 1.165) is 24.3 Å². The van der Waals surface area contributed by atoms with Gasteiger partial charge in [0.05, 0.1) is 15.7 Å². The van der Waals surface area contributed by atoms with Gasteiger partial charge >= 0.3 is 0 Å². The second kappa shape index (κ2) is 6.13. The van der Waals surface area contributed by atoms with Crippen LogP contribution in [0.5, 0.6) is 0 Å². The molecule has 19 heavy (non-hydrogen) atoms. The van der Waals surface area contributed by atoms with Crippen molar-refractivity contribution in [1.82, 2.24) is 4.98 Å². The van der Waals surface area contributed by atoms with Gasteiger partial charge in [0.15, 0.2) is 0 Å². The molecule has 0 aliphatic heterocycles. The molecule has 0 radical (unpaired) electrons. The summed E-state index contributed by atoms with van der Waals surface area (Å²) in [6.07, 6.45) is 3.55. The maximum atomic E-state index is 6.26. The van der Waals surface area contributed by atoms with Gasteiger partial charge in [0, 0.05) is 31.2 Å². The Labute approximate surface area is 123 Å². The SMILES string of the molecule is CCN(Cc1ccncc1)c1c(Cl)cc(N)cc1Cl. The molecule has 0 saturated heterocycles. The third-order valence-corrected chi connectivity index (χ3v) is 3.44. The molecule has 100 valence electrons. The molecule has 0 aliphatic rings. The van der Waals surface area contributed by atoms with Gasteiger partial charge in [-0.05, 0) is 36.8 Å². The highest BCUT2D eigenvalue weighted by atomic mass is 35.5. The quantitative estimate of drug-likeness (QED) is 0.867. The number of anilines is 2. The lowest BCUT2D eigenvalue weighted by Gasteiger charge is -2.25. The van der Waals surface area contributed by atoms with Crippen LogP contribution in [0.3, 0.4) is 0 Å². The van der Waals surface area contributed by atoms with Crippen molar-refractivity contribution in [2.75, 3.05) is 17.2 Å². The number of hydrogen-bond donors (Lipinski definition) is 1. The van der Waals surface area contributed by atoms with E-state index in [1.54, 1.807) is 24.5 Å². The van der Waals surface area contributed by atoms with Gasteiger partial charge in [0.1, 0.15) is 0 Å². The first-order chi connectivity index (χ1) is 9.11. The molecule has 2 N–H and O–H groups in total. The van der Waals surface area contributed by atoms with Crippen LogP contribution in [0.1, 0.15) is 12.5 Å². The van der Waals surface area contributed by atoms with Crippen LogP contribution in [0.2, 0.25) is 10.0 Å². The highest BCUT2D eigenvalue weighted by molar-refractivity contribution is 6.39. The second-order valence-electron chi connectivity index (χ2n) is 4.20. The number of hydrogen-bond acceptors (Lipinski definition) is 3. The molecule has 1 aromatic carbocycles. The van der Waals surface area contributed by atoms with Crippen LogP contribution in [0, 0.1) is 0 Å². The minimum absolute atomic E-state index is 0.568. The lowest BCUT2D eigenvalue weighted by molar-refractivity contribution is 0.831. The van der Waals surface area contributed by atoms with E-state index in [9.17, 15) is 0 Å². The van der Waals surface area contributed by atoms with E-state index in [1.807, 2.05) is 12.1 Å². The van der Waals surface area contributed by atoms with Crippen LogP contribution in [0.25, 0.3) is 0 Å². The van der Waals surface area contributed by atoms with Crippen LogP contribution in [-0.2, 0) is 6.54 Å². The predicted octanol–water partition coefficient (Wildman–Crippen LogP) is 4.00. The average molecular weight is 296 g/mol. The largest absolute Gasteiger partial charge is 0.399 e. The molecule has 0 atom stereocenters. The zero-order valence-corrected chi connectivity index (χ0v) is 12.1. The van der Waals surface area contributed by atoms with Gasteiger partial charge in [-0.3, -0.25) is 4.98 Å². The maximum absolute atomic E-state index is 6.26. The average Bonchev–Trinajstić information content (AvgIpc) is 2.37. The highest BCUT2D eigenvalue weighted by Crippen LogP contribution is 2.36. The van der Waals surface area contributed by atoms with Gasteiger partial charge in [-0.15, -0.1) is 0 Å². The Bertz CT molecular complexity index is 535. The molecule has 5 heteroatoms. The zero-order chi connectivity index (χ0) is 13.8. The summed E-state index contributed by atoms with van der Waals surface area (Å²) in [5, 5.41) is 1.14. The van der Waals surface area contributed by atoms with Crippen LogP contribution in [-0.4, -0.2) is 11.5 Å². The van der Waals surface area contributed by atoms with Gasteiger partial charge in [-0.25, -0.2) is 0 Å². The molecule has 0 aliphatic carbocycles. The minimum atomic E-state index is 0.568. The van der Waals surface area contributed by atoms with Crippen molar-refractivity contribution in [2.45, 2.75) is 13.5 Å². The standard InChI is InChI=1S/C14H15Cl2N3/c1-2-19(9-10-3-5-18-6-4-10)14-12(15)7-11(17)8-13(14)16/h3-8H,2,9,17H2,1H3. The van der Waals surface area contributed by atoms with E-state index >= 15 is 0 Å². The fraction of sp³-hybridized carbons (Fsp3) is 0.214. The Morgan fingerprint density at radius 2 is 1.74 bits per heavy atom. The van der Waals surface area contributed by atoms with Crippen molar-refractivity contribution in [3.63, 3.8) is 0 Å². The van der Waals surface area contributed by atoms with Crippen LogP contribution < -0.4 is 10.6 Å². The Morgan fingerprint density at radius 1 is 1.16 bits per heavy atom. The van der Waals surface area contributed by atoms with Crippen molar-refractivity contribution in [3.8, 4) is 0 Å². The maximum Gasteiger partial charge on any atom is 0.0749 e. The number of benzene rings is 1. The molecule has 0 unspecified atom stereocenters. The number of rotatable bonds is 4. The zero-order valence-electron chi connectivity index (χ0n) is 10.6. The van der Waals surface area contributed by atoms with Crippen molar-refractivity contribution < 1.29 is 0 Å². The number of nitrogen functional groups attached to an aromatic ring is 1. The number of nitrogens with two attached hydrogens (primary N) is 1. The Balaban J connectivity index is 2.32. The number of halogens is 2. The third kappa shape index (κ3) is 3.31. The number of pyridine rings is 1.